The Kier molecular flexibility index (Phi) is 5.15. The summed E-state index contributed by atoms with van der Waals surface area (Å²) in [5.74, 6) is 0.586. The van der Waals surface area contributed by atoms with Crippen molar-refractivity contribution >= 4 is 21.4 Å². The first-order chi connectivity index (χ1) is 9.93. The Hall–Kier alpha value is -1.22. The van der Waals surface area contributed by atoms with Crippen molar-refractivity contribution < 1.29 is 12.8 Å². The Labute approximate surface area is 128 Å². The van der Waals surface area contributed by atoms with Gasteiger partial charge in [-0.05, 0) is 18.6 Å². The predicted molar refractivity (Wildman–Crippen MR) is 81.6 cm³/mol. The van der Waals surface area contributed by atoms with Gasteiger partial charge in [0.1, 0.15) is 10.8 Å². The second-order valence-electron chi connectivity index (χ2n) is 4.69. The first-order valence-corrected chi connectivity index (χ1v) is 8.84. The largest absolute Gasteiger partial charge is 0.447 e. The molecule has 0 aliphatic heterocycles. The molecule has 0 bridgehead atoms. The van der Waals surface area contributed by atoms with Crippen molar-refractivity contribution in [1.29, 1.82) is 0 Å². The first kappa shape index (κ1) is 16.2. The maximum absolute atomic E-state index is 11.9. The minimum absolute atomic E-state index is 0.0354. The van der Waals surface area contributed by atoms with Crippen LogP contribution in [-0.4, -0.2) is 31.8 Å². The molecule has 0 aliphatic rings. The molecule has 2 heterocycles. The molecule has 2 aromatic rings. The van der Waals surface area contributed by atoms with Crippen molar-refractivity contribution in [1.82, 2.24) is 14.6 Å². The van der Waals surface area contributed by atoms with Gasteiger partial charge in [-0.3, -0.25) is 0 Å². The average Bonchev–Trinajstić information content (AvgIpc) is 3.07. The number of aryl methyl sites for hydroxylation is 1. The summed E-state index contributed by atoms with van der Waals surface area (Å²) in [6.07, 6.45) is 2.87. The molecule has 0 amide bonds. The summed E-state index contributed by atoms with van der Waals surface area (Å²) < 4.78 is 30.3. The quantitative estimate of drug-likeness (QED) is 0.839. The number of nitrogens with zero attached hydrogens (tertiary/aromatic N) is 2. The van der Waals surface area contributed by atoms with Crippen molar-refractivity contribution in [3.05, 3.63) is 34.0 Å². The molecule has 0 aliphatic carbocycles. The smallest absolute Gasteiger partial charge is 0.275 e. The van der Waals surface area contributed by atoms with E-state index in [0.29, 0.717) is 18.8 Å². The van der Waals surface area contributed by atoms with E-state index in [1.807, 2.05) is 6.20 Å². The van der Waals surface area contributed by atoms with Crippen molar-refractivity contribution in [2.24, 2.45) is 0 Å². The van der Waals surface area contributed by atoms with Gasteiger partial charge < -0.3 is 9.73 Å². The van der Waals surface area contributed by atoms with Gasteiger partial charge in [-0.1, -0.05) is 6.92 Å². The standard InChI is InChI=1S/C13H19N3O3S2/c1-4-11-8-15-12(20-11)9-14-7-10-5-6-13(19-10)21(17,18)16(2)3/h5-6,8,14H,4,7,9H2,1-3H3. The Morgan fingerprint density at radius 2 is 2.10 bits per heavy atom. The second kappa shape index (κ2) is 6.69. The highest BCUT2D eigenvalue weighted by atomic mass is 32.2. The van der Waals surface area contributed by atoms with Crippen LogP contribution in [0.25, 0.3) is 0 Å². The van der Waals surface area contributed by atoms with Crippen LogP contribution in [0.3, 0.4) is 0 Å². The molecule has 21 heavy (non-hydrogen) atoms. The third-order valence-electron chi connectivity index (χ3n) is 2.90. The van der Waals surface area contributed by atoms with E-state index in [9.17, 15) is 8.42 Å². The molecule has 0 spiro atoms. The molecule has 0 saturated carbocycles. The van der Waals surface area contributed by atoms with Crippen LogP contribution in [0.1, 0.15) is 22.6 Å². The Morgan fingerprint density at radius 3 is 2.71 bits per heavy atom. The molecule has 0 saturated heterocycles. The van der Waals surface area contributed by atoms with Gasteiger partial charge in [0, 0.05) is 31.7 Å². The average molecular weight is 329 g/mol. The number of rotatable bonds is 7. The summed E-state index contributed by atoms with van der Waals surface area (Å²) in [4.78, 5) is 5.56. The summed E-state index contributed by atoms with van der Waals surface area (Å²) in [5.41, 5.74) is 0. The first-order valence-electron chi connectivity index (χ1n) is 6.59. The lowest BCUT2D eigenvalue weighted by Crippen LogP contribution is -2.21. The monoisotopic (exact) mass is 329 g/mol. The fourth-order valence-electron chi connectivity index (χ4n) is 1.66. The van der Waals surface area contributed by atoms with E-state index in [1.165, 1.54) is 25.0 Å². The molecule has 0 radical (unpaired) electrons. The molecule has 0 unspecified atom stereocenters. The Balaban J connectivity index is 1.91. The number of sulfonamides is 1. The molecular formula is C13H19N3O3S2. The Bertz CT molecular complexity index is 689. The van der Waals surface area contributed by atoms with E-state index < -0.39 is 10.0 Å². The van der Waals surface area contributed by atoms with Gasteiger partial charge in [0.05, 0.1) is 6.54 Å². The van der Waals surface area contributed by atoms with Gasteiger partial charge >= 0.3 is 0 Å². The maximum atomic E-state index is 11.9. The SMILES string of the molecule is CCc1cnc(CNCc2ccc(S(=O)(=O)N(C)C)o2)s1. The highest BCUT2D eigenvalue weighted by Crippen LogP contribution is 2.17. The summed E-state index contributed by atoms with van der Waals surface area (Å²) in [7, 11) is -0.553. The highest BCUT2D eigenvalue weighted by molar-refractivity contribution is 7.88. The molecule has 2 aromatic heterocycles. The van der Waals surface area contributed by atoms with E-state index in [0.717, 1.165) is 15.7 Å². The number of furan rings is 1. The number of hydrogen-bond donors (Lipinski definition) is 1. The zero-order valence-electron chi connectivity index (χ0n) is 12.3. The lowest BCUT2D eigenvalue weighted by Gasteiger charge is -2.07. The van der Waals surface area contributed by atoms with Gasteiger partial charge in [-0.2, -0.15) is 0 Å². The van der Waals surface area contributed by atoms with E-state index in [4.69, 9.17) is 4.42 Å². The molecule has 2 rings (SSSR count). The van der Waals surface area contributed by atoms with Gasteiger partial charge in [0.25, 0.3) is 10.0 Å². The predicted octanol–water partition coefficient (Wildman–Crippen LogP) is 1.84. The van der Waals surface area contributed by atoms with Crippen molar-refractivity contribution in [2.75, 3.05) is 14.1 Å². The number of thiazole rings is 1. The lowest BCUT2D eigenvalue weighted by molar-refractivity contribution is 0.389. The molecule has 116 valence electrons. The minimum atomic E-state index is -3.50. The molecule has 6 nitrogen and oxygen atoms in total. The van der Waals surface area contributed by atoms with E-state index >= 15 is 0 Å². The molecule has 8 heteroatoms. The maximum Gasteiger partial charge on any atom is 0.275 e. The van der Waals surface area contributed by atoms with Gasteiger partial charge in [-0.25, -0.2) is 17.7 Å². The van der Waals surface area contributed by atoms with Crippen LogP contribution in [0.15, 0.2) is 27.8 Å². The fraction of sp³-hybridized carbons (Fsp3) is 0.462. The molecule has 1 N–H and O–H groups in total. The fourth-order valence-corrected chi connectivity index (χ4v) is 3.30. The van der Waals surface area contributed by atoms with Crippen molar-refractivity contribution in [3.63, 3.8) is 0 Å². The van der Waals surface area contributed by atoms with Crippen LogP contribution in [0.2, 0.25) is 0 Å². The summed E-state index contributed by atoms with van der Waals surface area (Å²) >= 11 is 1.67. The zero-order chi connectivity index (χ0) is 15.5. The normalized spacial score (nSPS) is 12.2. The van der Waals surface area contributed by atoms with Crippen molar-refractivity contribution in [3.8, 4) is 0 Å². The molecule has 0 aromatic carbocycles. The van der Waals surface area contributed by atoms with Gasteiger partial charge in [-0.15, -0.1) is 11.3 Å². The summed E-state index contributed by atoms with van der Waals surface area (Å²) in [6.45, 7) is 3.20. The molecule has 0 atom stereocenters. The third kappa shape index (κ3) is 3.91. The van der Waals surface area contributed by atoms with Gasteiger partial charge in [0.15, 0.2) is 0 Å². The molecule has 0 fully saturated rings. The van der Waals surface area contributed by atoms with E-state index in [2.05, 4.69) is 17.2 Å². The van der Waals surface area contributed by atoms with E-state index in [1.54, 1.807) is 17.4 Å². The zero-order valence-corrected chi connectivity index (χ0v) is 13.9. The third-order valence-corrected chi connectivity index (χ3v) is 5.73. The number of nitrogens with one attached hydrogen (secondary N) is 1. The molecular weight excluding hydrogens is 310 g/mol. The topological polar surface area (TPSA) is 75.4 Å². The van der Waals surface area contributed by atoms with Crippen LogP contribution in [0.4, 0.5) is 0 Å². The van der Waals surface area contributed by atoms with E-state index in [-0.39, 0.29) is 5.09 Å². The number of hydrogen-bond acceptors (Lipinski definition) is 6. The Morgan fingerprint density at radius 1 is 1.33 bits per heavy atom. The van der Waals surface area contributed by atoms with Crippen LogP contribution in [0.5, 0.6) is 0 Å². The summed E-state index contributed by atoms with van der Waals surface area (Å²) in [6, 6.07) is 3.15. The van der Waals surface area contributed by atoms with Crippen molar-refractivity contribution in [2.45, 2.75) is 31.5 Å². The van der Waals surface area contributed by atoms with Gasteiger partial charge in [0.2, 0.25) is 5.09 Å². The van der Waals surface area contributed by atoms with Crippen LogP contribution in [0, 0.1) is 0 Å². The second-order valence-corrected chi connectivity index (χ2v) is 7.97. The lowest BCUT2D eigenvalue weighted by atomic mass is 10.4. The highest BCUT2D eigenvalue weighted by Gasteiger charge is 2.21. The van der Waals surface area contributed by atoms with Crippen LogP contribution >= 0.6 is 11.3 Å². The number of aromatic nitrogens is 1. The van der Waals surface area contributed by atoms with Crippen LogP contribution in [-0.2, 0) is 29.5 Å². The van der Waals surface area contributed by atoms with Crippen LogP contribution < -0.4 is 5.32 Å². The minimum Gasteiger partial charge on any atom is -0.447 e. The summed E-state index contributed by atoms with van der Waals surface area (Å²) in [5, 5.41) is 4.17.